The summed E-state index contributed by atoms with van der Waals surface area (Å²) in [6.07, 6.45) is 1.65. The van der Waals surface area contributed by atoms with Gasteiger partial charge in [0.25, 0.3) is 5.91 Å². The van der Waals surface area contributed by atoms with Crippen LogP contribution in [-0.2, 0) is 20.1 Å². The second kappa shape index (κ2) is 6.13. The van der Waals surface area contributed by atoms with Gasteiger partial charge in [0.05, 0.1) is 41.1 Å². The fraction of sp³-hybridized carbons (Fsp3) is 0.500. The monoisotopic (exact) mass is 380 g/mol. The van der Waals surface area contributed by atoms with Crippen LogP contribution in [0.1, 0.15) is 52.1 Å². The Labute approximate surface area is 162 Å². The molecule has 4 heterocycles. The average molecular weight is 380 g/mol. The predicted molar refractivity (Wildman–Crippen MR) is 103 cm³/mol. The summed E-state index contributed by atoms with van der Waals surface area (Å²) in [6, 6.07) is 3.80. The van der Waals surface area contributed by atoms with Crippen molar-refractivity contribution in [1.82, 2.24) is 29.4 Å². The number of fused-ring (bicyclic) bond motifs is 2. The fourth-order valence-electron chi connectivity index (χ4n) is 4.17. The number of rotatable bonds is 3. The van der Waals surface area contributed by atoms with Gasteiger partial charge < -0.3 is 10.0 Å². The lowest BCUT2D eigenvalue weighted by Gasteiger charge is -2.28. The lowest BCUT2D eigenvalue weighted by molar-refractivity contribution is 0.0707. The van der Waals surface area contributed by atoms with E-state index in [1.807, 2.05) is 42.6 Å². The maximum absolute atomic E-state index is 13.4. The molecule has 1 fully saturated rings. The first-order valence-electron chi connectivity index (χ1n) is 9.77. The van der Waals surface area contributed by atoms with Crippen LogP contribution < -0.4 is 0 Å². The van der Waals surface area contributed by atoms with Crippen LogP contribution >= 0.6 is 0 Å². The third-order valence-electron chi connectivity index (χ3n) is 5.80. The molecule has 1 unspecified atom stereocenters. The van der Waals surface area contributed by atoms with E-state index in [2.05, 4.69) is 15.2 Å². The number of aromatic nitrogens is 5. The molecule has 1 amide bonds. The molecule has 28 heavy (non-hydrogen) atoms. The largest absolute Gasteiger partial charge is 0.386 e. The summed E-state index contributed by atoms with van der Waals surface area (Å²) in [5.41, 5.74) is 4.70. The second-order valence-corrected chi connectivity index (χ2v) is 8.01. The van der Waals surface area contributed by atoms with Crippen molar-refractivity contribution in [3.63, 3.8) is 0 Å². The standard InChI is InChI=1S/C20H24N6O2/c1-11-8-15(17-12(2)22-24(3)19(17)21-11)20(28)25-6-7-26-14(10-25)9-16(23-26)18(27)13-4-5-13/h8-9,13,18,27H,4-7,10H2,1-3H3. The van der Waals surface area contributed by atoms with E-state index in [4.69, 9.17) is 0 Å². The third kappa shape index (κ3) is 2.71. The zero-order chi connectivity index (χ0) is 19.6. The summed E-state index contributed by atoms with van der Waals surface area (Å²) < 4.78 is 3.65. The molecule has 1 aliphatic heterocycles. The van der Waals surface area contributed by atoms with E-state index in [0.29, 0.717) is 31.1 Å². The van der Waals surface area contributed by atoms with Gasteiger partial charge >= 0.3 is 0 Å². The number of aliphatic hydroxyl groups excluding tert-OH is 1. The summed E-state index contributed by atoms with van der Waals surface area (Å²) in [5.74, 6) is 0.333. The second-order valence-electron chi connectivity index (χ2n) is 8.01. The molecule has 1 aliphatic carbocycles. The maximum atomic E-state index is 13.4. The van der Waals surface area contributed by atoms with Gasteiger partial charge in [-0.2, -0.15) is 10.2 Å². The highest BCUT2D eigenvalue weighted by atomic mass is 16.3. The van der Waals surface area contributed by atoms with E-state index in [1.165, 1.54) is 0 Å². The van der Waals surface area contributed by atoms with E-state index >= 15 is 0 Å². The number of carbonyl (C=O) groups excluding carboxylic acids is 1. The first kappa shape index (κ1) is 17.4. The molecule has 0 bridgehead atoms. The molecule has 8 heteroatoms. The number of aliphatic hydroxyl groups is 1. The van der Waals surface area contributed by atoms with Crippen LogP contribution in [0.5, 0.6) is 0 Å². The van der Waals surface area contributed by atoms with E-state index in [1.54, 1.807) is 4.68 Å². The van der Waals surface area contributed by atoms with Gasteiger partial charge in [-0.3, -0.25) is 14.2 Å². The van der Waals surface area contributed by atoms with Crippen molar-refractivity contribution in [2.75, 3.05) is 6.54 Å². The molecule has 146 valence electrons. The van der Waals surface area contributed by atoms with E-state index < -0.39 is 6.10 Å². The lowest BCUT2D eigenvalue weighted by Crippen LogP contribution is -2.38. The van der Waals surface area contributed by atoms with Gasteiger partial charge in [0.15, 0.2) is 5.65 Å². The number of hydrogen-bond donors (Lipinski definition) is 1. The van der Waals surface area contributed by atoms with Gasteiger partial charge in [-0.1, -0.05) is 0 Å². The summed E-state index contributed by atoms with van der Waals surface area (Å²) in [5, 5.41) is 20.2. The number of amides is 1. The SMILES string of the molecule is Cc1cc(C(=O)N2CCn3nc(C(O)C4CC4)cc3C2)c2c(C)nn(C)c2n1. The minimum absolute atomic E-state index is 0.0108. The topological polar surface area (TPSA) is 89.1 Å². The maximum Gasteiger partial charge on any atom is 0.255 e. The normalized spacial score (nSPS) is 17.8. The van der Waals surface area contributed by atoms with Crippen LogP contribution in [0.3, 0.4) is 0 Å². The molecule has 8 nitrogen and oxygen atoms in total. The molecular formula is C20H24N6O2. The highest BCUT2D eigenvalue weighted by Crippen LogP contribution is 2.40. The number of pyridine rings is 1. The van der Waals surface area contributed by atoms with Crippen LogP contribution in [-0.4, -0.2) is 47.0 Å². The van der Waals surface area contributed by atoms with Gasteiger partial charge in [0.1, 0.15) is 6.10 Å². The Morgan fingerprint density at radius 3 is 2.75 bits per heavy atom. The first-order chi connectivity index (χ1) is 13.4. The molecule has 0 spiro atoms. The van der Waals surface area contributed by atoms with Crippen molar-refractivity contribution in [2.24, 2.45) is 13.0 Å². The Morgan fingerprint density at radius 2 is 2.00 bits per heavy atom. The molecule has 3 aromatic heterocycles. The van der Waals surface area contributed by atoms with Gasteiger partial charge in [-0.15, -0.1) is 0 Å². The predicted octanol–water partition coefficient (Wildman–Crippen LogP) is 1.88. The third-order valence-corrected chi connectivity index (χ3v) is 5.80. The van der Waals surface area contributed by atoms with E-state index in [9.17, 15) is 9.90 Å². The van der Waals surface area contributed by atoms with Crippen molar-refractivity contribution in [1.29, 1.82) is 0 Å². The Bertz CT molecular complexity index is 1090. The van der Waals surface area contributed by atoms with Crippen molar-refractivity contribution in [3.8, 4) is 0 Å². The molecule has 5 rings (SSSR count). The minimum atomic E-state index is -0.484. The Morgan fingerprint density at radius 1 is 1.21 bits per heavy atom. The summed E-state index contributed by atoms with van der Waals surface area (Å²) >= 11 is 0. The molecule has 1 N–H and O–H groups in total. The van der Waals surface area contributed by atoms with E-state index in [-0.39, 0.29) is 5.91 Å². The Hall–Kier alpha value is -2.74. The van der Waals surface area contributed by atoms with Gasteiger partial charge in [-0.25, -0.2) is 4.98 Å². The van der Waals surface area contributed by atoms with Crippen LogP contribution in [0, 0.1) is 19.8 Å². The fourth-order valence-corrected chi connectivity index (χ4v) is 4.17. The Kier molecular flexibility index (Phi) is 3.80. The van der Waals surface area contributed by atoms with Crippen molar-refractivity contribution < 1.29 is 9.90 Å². The molecule has 0 aromatic carbocycles. The number of carbonyl (C=O) groups is 1. The van der Waals surface area contributed by atoms with Gasteiger partial charge in [-0.05, 0) is 44.7 Å². The highest BCUT2D eigenvalue weighted by Gasteiger charge is 2.34. The van der Waals surface area contributed by atoms with Gasteiger partial charge in [0.2, 0.25) is 0 Å². The van der Waals surface area contributed by atoms with Crippen LogP contribution in [0.15, 0.2) is 12.1 Å². The Balaban J connectivity index is 1.47. The molecular weight excluding hydrogens is 356 g/mol. The zero-order valence-electron chi connectivity index (χ0n) is 16.4. The van der Waals surface area contributed by atoms with Crippen LogP contribution in [0.4, 0.5) is 0 Å². The van der Waals surface area contributed by atoms with Crippen LogP contribution in [0.25, 0.3) is 11.0 Å². The molecule has 2 aliphatic rings. The highest BCUT2D eigenvalue weighted by molar-refractivity contribution is 6.06. The summed E-state index contributed by atoms with van der Waals surface area (Å²) in [6.45, 7) is 5.53. The number of aryl methyl sites for hydroxylation is 3. The molecule has 0 saturated heterocycles. The summed E-state index contributed by atoms with van der Waals surface area (Å²) in [4.78, 5) is 19.8. The van der Waals surface area contributed by atoms with Crippen molar-refractivity contribution >= 4 is 16.9 Å². The first-order valence-corrected chi connectivity index (χ1v) is 9.77. The van der Waals surface area contributed by atoms with Crippen molar-refractivity contribution in [3.05, 3.63) is 40.5 Å². The smallest absolute Gasteiger partial charge is 0.255 e. The minimum Gasteiger partial charge on any atom is -0.386 e. The summed E-state index contributed by atoms with van der Waals surface area (Å²) in [7, 11) is 1.85. The molecule has 1 saturated carbocycles. The van der Waals surface area contributed by atoms with E-state index in [0.717, 1.165) is 46.7 Å². The van der Waals surface area contributed by atoms with Crippen molar-refractivity contribution in [2.45, 2.75) is 45.9 Å². The lowest BCUT2D eigenvalue weighted by atomic mass is 10.1. The average Bonchev–Trinajstić information content (AvgIpc) is 3.37. The molecule has 1 atom stereocenters. The van der Waals surface area contributed by atoms with Crippen LogP contribution in [0.2, 0.25) is 0 Å². The number of hydrogen-bond acceptors (Lipinski definition) is 5. The van der Waals surface area contributed by atoms with Gasteiger partial charge in [0, 0.05) is 19.3 Å². The number of nitrogens with zero attached hydrogens (tertiary/aromatic N) is 6. The molecule has 0 radical (unpaired) electrons. The quantitative estimate of drug-likeness (QED) is 0.749. The zero-order valence-corrected chi connectivity index (χ0v) is 16.4. The molecule has 3 aromatic rings.